The van der Waals surface area contributed by atoms with Gasteiger partial charge >= 0.3 is 6.18 Å². The third kappa shape index (κ3) is 1250. The smallest absolute Gasteiger partial charge is 0.255 e. The average molecular weight is 613 g/mol. The van der Waals surface area contributed by atoms with Gasteiger partial charge < -0.3 is 0 Å². The van der Waals surface area contributed by atoms with Gasteiger partial charge in [0.2, 0.25) is 0 Å². The SMILES string of the molecule is C.CC.CC(C)(C)C.CC(C)C.CC(F)(F)F.CCC.CCC(C)C.CCC(C)C.CCCC.CCCCC.CF. The summed E-state index contributed by atoms with van der Waals surface area (Å²) in [6.45, 7) is 45.8. The van der Waals surface area contributed by atoms with E-state index in [0.717, 1.165) is 17.8 Å². The first-order chi connectivity index (χ1) is 18.0. The Labute approximate surface area is 265 Å². The zero-order valence-electron chi connectivity index (χ0n) is 32.9. The number of hydrogen-bond acceptors (Lipinski definition) is 0. The van der Waals surface area contributed by atoms with Crippen LogP contribution in [0.3, 0.4) is 0 Å². The van der Waals surface area contributed by atoms with E-state index in [4.69, 9.17) is 0 Å². The molecule has 0 aliphatic heterocycles. The summed E-state index contributed by atoms with van der Waals surface area (Å²) in [5.74, 6) is 2.60. The zero-order chi connectivity index (χ0) is 35.4. The van der Waals surface area contributed by atoms with E-state index in [-0.39, 0.29) is 14.4 Å². The highest BCUT2D eigenvalue weighted by Gasteiger charge is 2.15. The molecule has 0 aliphatic carbocycles. The zero-order valence-corrected chi connectivity index (χ0v) is 32.9. The van der Waals surface area contributed by atoms with Crippen LogP contribution in [-0.2, 0) is 0 Å². The fourth-order valence-electron chi connectivity index (χ4n) is 0.354. The molecule has 0 aromatic heterocycles. The molecule has 0 saturated heterocycles. The first kappa shape index (κ1) is 72.7. The molecule has 0 radical (unpaired) electrons. The van der Waals surface area contributed by atoms with E-state index in [9.17, 15) is 17.6 Å². The van der Waals surface area contributed by atoms with Crippen molar-refractivity contribution in [2.45, 2.75) is 217 Å². The van der Waals surface area contributed by atoms with E-state index in [1.165, 1.54) is 51.4 Å². The Hall–Kier alpha value is -0.280. The molecule has 4 heteroatoms. The molecule has 0 unspecified atom stereocenters. The van der Waals surface area contributed by atoms with E-state index < -0.39 is 6.18 Å². The molecule has 0 amide bonds. The molecule has 0 N–H and O–H groups in total. The largest absolute Gasteiger partial charge is 0.386 e. The van der Waals surface area contributed by atoms with Crippen molar-refractivity contribution in [3.63, 3.8) is 0 Å². The second-order valence-corrected chi connectivity index (χ2v) is 12.2. The van der Waals surface area contributed by atoms with E-state index in [0.29, 0.717) is 12.6 Å². The number of unbranched alkanes of at least 4 members (excludes halogenated alkanes) is 3. The maximum atomic E-state index is 10.4. The van der Waals surface area contributed by atoms with Crippen molar-refractivity contribution in [3.8, 4) is 0 Å². The maximum Gasteiger partial charge on any atom is 0.386 e. The highest BCUT2D eigenvalue weighted by molar-refractivity contribution is 4.47. The first-order valence-corrected chi connectivity index (χ1v) is 16.5. The van der Waals surface area contributed by atoms with Crippen molar-refractivity contribution in [2.75, 3.05) is 7.18 Å². The standard InChI is InChI=1S/4C5H12.2C4H10.C3H8.C2H3F3.C2H6.CH3F.CH4/c1-5(2,3)4;2*1-4-5(2)3;1-3-5-4-2;1-4(2)3;1-3-4-2;1-3-2;1-2(3,4)5;2*1-2;/h1-4H3;2*5H,4H2,1-3H3;3-5H2,1-2H3;4H,1-3H3;3-4H2,1-2H3;3H2,1-2H3;1H3;1-2H3;1H3;1H4. The van der Waals surface area contributed by atoms with E-state index >= 15 is 0 Å². The summed E-state index contributed by atoms with van der Waals surface area (Å²) < 4.78 is 40.6. The van der Waals surface area contributed by atoms with Gasteiger partial charge in [-0.25, -0.2) is 0 Å². The van der Waals surface area contributed by atoms with Crippen LogP contribution in [0.15, 0.2) is 0 Å². The van der Waals surface area contributed by atoms with Crippen LogP contribution in [0, 0.1) is 23.2 Å². The summed E-state index contributed by atoms with van der Waals surface area (Å²) in [6, 6.07) is 0. The fraction of sp³-hybridized carbons (Fsp3) is 1.00. The van der Waals surface area contributed by atoms with Crippen LogP contribution in [0.4, 0.5) is 17.6 Å². The summed E-state index contributed by atoms with van der Waals surface area (Å²) in [4.78, 5) is 0. The summed E-state index contributed by atoms with van der Waals surface area (Å²) in [6.07, 6.45) is 6.58. The van der Waals surface area contributed by atoms with Crippen LogP contribution < -0.4 is 0 Å². The van der Waals surface area contributed by atoms with Crippen molar-refractivity contribution in [3.05, 3.63) is 0 Å². The minimum atomic E-state index is -4.00. The lowest BCUT2D eigenvalue weighted by atomic mass is 10.0. The monoisotopic (exact) mass is 613 g/mol. The van der Waals surface area contributed by atoms with Gasteiger partial charge in [0.1, 0.15) is 0 Å². The van der Waals surface area contributed by atoms with Crippen molar-refractivity contribution in [1.82, 2.24) is 0 Å². The lowest BCUT2D eigenvalue weighted by Gasteiger charge is -2.05. The van der Waals surface area contributed by atoms with Crippen LogP contribution in [-0.4, -0.2) is 13.4 Å². The molecular weight excluding hydrogens is 520 g/mol. The summed E-state index contributed by atoms with van der Waals surface area (Å²) >= 11 is 0. The van der Waals surface area contributed by atoms with Crippen LogP contribution in [0.1, 0.15) is 211 Å². The van der Waals surface area contributed by atoms with Crippen molar-refractivity contribution < 1.29 is 17.6 Å². The molecule has 0 spiro atoms. The van der Waals surface area contributed by atoms with Crippen molar-refractivity contribution >= 4 is 0 Å². The number of rotatable bonds is 5. The maximum absolute atomic E-state index is 10.4. The number of hydrogen-bond donors (Lipinski definition) is 0. The highest BCUT2D eigenvalue weighted by atomic mass is 19.4. The molecule has 0 aliphatic rings. The van der Waals surface area contributed by atoms with Crippen LogP contribution in [0.5, 0.6) is 0 Å². The predicted octanol–water partition coefficient (Wildman–Crippen LogP) is 17.1. The van der Waals surface area contributed by atoms with Gasteiger partial charge in [0.25, 0.3) is 0 Å². The molecule has 0 fully saturated rings. The van der Waals surface area contributed by atoms with Gasteiger partial charge in [0.15, 0.2) is 0 Å². The van der Waals surface area contributed by atoms with Gasteiger partial charge in [-0.2, -0.15) is 13.2 Å². The Morgan fingerprint density at radius 1 is 0.488 bits per heavy atom. The first-order valence-electron chi connectivity index (χ1n) is 16.5. The Kier molecular flexibility index (Phi) is 128. The van der Waals surface area contributed by atoms with Gasteiger partial charge in [-0.1, -0.05) is 204 Å². The molecule has 268 valence electrons. The Bertz CT molecular complexity index is 237. The van der Waals surface area contributed by atoms with Gasteiger partial charge in [-0.3, -0.25) is 4.39 Å². The summed E-state index contributed by atoms with van der Waals surface area (Å²) in [5.41, 5.74) is 0.500. The molecule has 41 heavy (non-hydrogen) atoms. The molecule has 0 rings (SSSR count). The van der Waals surface area contributed by atoms with E-state index in [1.807, 2.05) is 13.8 Å². The predicted molar refractivity (Wildman–Crippen MR) is 194 cm³/mol. The summed E-state index contributed by atoms with van der Waals surface area (Å²) in [5, 5.41) is 0. The van der Waals surface area contributed by atoms with E-state index in [2.05, 4.69) is 132 Å². The highest BCUT2D eigenvalue weighted by Crippen LogP contribution is 2.10. The Morgan fingerprint density at radius 2 is 0.585 bits per heavy atom. The van der Waals surface area contributed by atoms with Gasteiger partial charge in [-0.15, -0.1) is 0 Å². The minimum Gasteiger partial charge on any atom is -0.255 e. The van der Waals surface area contributed by atoms with Crippen LogP contribution >= 0.6 is 0 Å². The molecule has 0 bridgehead atoms. The third-order valence-electron chi connectivity index (χ3n) is 2.84. The molecule has 0 aromatic rings. The van der Waals surface area contributed by atoms with Crippen molar-refractivity contribution in [2.24, 2.45) is 23.2 Å². The quantitative estimate of drug-likeness (QED) is 0.271. The Morgan fingerprint density at radius 3 is 0.585 bits per heavy atom. The van der Waals surface area contributed by atoms with Crippen LogP contribution in [0.25, 0.3) is 0 Å². The molecule has 0 heterocycles. The third-order valence-corrected chi connectivity index (χ3v) is 2.84. The second kappa shape index (κ2) is 72.2. The number of alkyl halides is 4. The molecule has 0 aromatic carbocycles. The average Bonchev–Trinajstić information content (AvgIpc) is 2.81. The van der Waals surface area contributed by atoms with E-state index in [1.54, 1.807) is 0 Å². The topological polar surface area (TPSA) is 0 Å². The van der Waals surface area contributed by atoms with Gasteiger partial charge in [0.05, 0.1) is 7.18 Å². The van der Waals surface area contributed by atoms with Crippen molar-refractivity contribution in [1.29, 1.82) is 0 Å². The van der Waals surface area contributed by atoms with Crippen LogP contribution in [0.2, 0.25) is 0 Å². The lowest BCUT2D eigenvalue weighted by Crippen LogP contribution is -1.95. The number of halogens is 4. The molecular formula is C37H92F4. The molecule has 0 nitrogen and oxygen atoms in total. The van der Waals surface area contributed by atoms with Gasteiger partial charge in [0, 0.05) is 6.92 Å². The minimum absolute atomic E-state index is 0. The summed E-state index contributed by atoms with van der Waals surface area (Å²) in [7, 11) is 0.500. The van der Waals surface area contributed by atoms with Gasteiger partial charge in [-0.05, 0) is 23.2 Å². The molecule has 0 saturated carbocycles. The fourth-order valence-corrected chi connectivity index (χ4v) is 0.354. The molecule has 0 atom stereocenters. The lowest BCUT2D eigenvalue weighted by molar-refractivity contribution is -0.110. The Balaban J connectivity index is -0.0000000274. The second-order valence-electron chi connectivity index (χ2n) is 12.2. The normalized spacial score (nSPS) is 8.63.